The lowest BCUT2D eigenvalue weighted by atomic mass is 9.78. The zero-order valence-corrected chi connectivity index (χ0v) is 13.6. The molecule has 0 saturated heterocycles. The third-order valence-electron chi connectivity index (χ3n) is 3.69. The van der Waals surface area contributed by atoms with Gasteiger partial charge in [0.1, 0.15) is 5.82 Å². The number of nitrogens with one attached hydrogen (secondary N) is 1. The van der Waals surface area contributed by atoms with Crippen molar-refractivity contribution in [1.29, 1.82) is 0 Å². The van der Waals surface area contributed by atoms with Gasteiger partial charge in [-0.2, -0.15) is 0 Å². The Balaban J connectivity index is 3.04. The molecule has 0 radical (unpaired) electrons. The van der Waals surface area contributed by atoms with E-state index in [0.717, 1.165) is 12.8 Å². The van der Waals surface area contributed by atoms with E-state index in [1.165, 1.54) is 6.07 Å². The van der Waals surface area contributed by atoms with Gasteiger partial charge in [0.15, 0.2) is 0 Å². The second-order valence-electron chi connectivity index (χ2n) is 5.36. The summed E-state index contributed by atoms with van der Waals surface area (Å²) in [5.74, 6) is -0.596. The fourth-order valence-corrected chi connectivity index (χ4v) is 2.78. The number of benzene rings is 1. The lowest BCUT2D eigenvalue weighted by Crippen LogP contribution is -2.46. The molecule has 0 fully saturated rings. The first-order valence-electron chi connectivity index (χ1n) is 7.25. The van der Waals surface area contributed by atoms with E-state index in [-0.39, 0.29) is 16.7 Å². The Morgan fingerprint density at radius 1 is 1.33 bits per heavy atom. The summed E-state index contributed by atoms with van der Waals surface area (Å²) in [6.07, 6.45) is 2.78. The number of aryl methyl sites for hydroxylation is 1. The molecule has 5 heteroatoms. The number of thiocarbonyl (C=S) groups is 1. The van der Waals surface area contributed by atoms with Gasteiger partial charge in [-0.15, -0.1) is 0 Å². The number of halogens is 1. The highest BCUT2D eigenvalue weighted by Gasteiger charge is 2.39. The highest BCUT2D eigenvalue weighted by atomic mass is 32.1. The molecule has 0 bridgehead atoms. The Labute approximate surface area is 131 Å². The van der Waals surface area contributed by atoms with Crippen molar-refractivity contribution in [1.82, 2.24) is 0 Å². The largest absolute Gasteiger partial charge is 0.392 e. The molecular formula is C16H23FN2OS. The third-order valence-corrected chi connectivity index (χ3v) is 4.08. The van der Waals surface area contributed by atoms with E-state index in [9.17, 15) is 9.18 Å². The number of rotatable bonds is 7. The van der Waals surface area contributed by atoms with Crippen molar-refractivity contribution in [3.63, 3.8) is 0 Å². The fraction of sp³-hybridized carbons (Fsp3) is 0.500. The van der Waals surface area contributed by atoms with E-state index in [2.05, 4.69) is 5.32 Å². The summed E-state index contributed by atoms with van der Waals surface area (Å²) >= 11 is 5.14. The quantitative estimate of drug-likeness (QED) is 0.750. The Morgan fingerprint density at radius 3 is 2.33 bits per heavy atom. The maximum atomic E-state index is 13.6. The van der Waals surface area contributed by atoms with Crippen LogP contribution in [0, 0.1) is 18.2 Å². The van der Waals surface area contributed by atoms with Crippen LogP contribution in [0.2, 0.25) is 0 Å². The zero-order chi connectivity index (χ0) is 16.0. The minimum Gasteiger partial charge on any atom is -0.392 e. The van der Waals surface area contributed by atoms with Crippen LogP contribution in [0.1, 0.15) is 45.1 Å². The number of nitrogens with two attached hydrogens (primary N) is 1. The lowest BCUT2D eigenvalue weighted by Gasteiger charge is -2.31. The molecule has 1 amide bonds. The van der Waals surface area contributed by atoms with Gasteiger partial charge in [0.2, 0.25) is 5.91 Å². The molecule has 0 atom stereocenters. The average molecular weight is 310 g/mol. The first-order chi connectivity index (χ1) is 9.87. The summed E-state index contributed by atoms with van der Waals surface area (Å²) in [5.41, 5.74) is 5.95. The van der Waals surface area contributed by atoms with Crippen LogP contribution < -0.4 is 11.1 Å². The van der Waals surface area contributed by atoms with Crippen LogP contribution in [0.15, 0.2) is 18.2 Å². The summed E-state index contributed by atoms with van der Waals surface area (Å²) in [4.78, 5) is 12.9. The average Bonchev–Trinajstić information content (AvgIpc) is 2.42. The Kier molecular flexibility index (Phi) is 6.27. The van der Waals surface area contributed by atoms with Crippen molar-refractivity contribution < 1.29 is 9.18 Å². The molecule has 0 aliphatic heterocycles. The molecule has 0 saturated carbocycles. The number of hydrogen-bond donors (Lipinski definition) is 2. The SMILES string of the molecule is CCCC(CCC)(C(=O)Nc1ccc(C)c(F)c1)C(N)=S. The highest BCUT2D eigenvalue weighted by Crippen LogP contribution is 2.32. The lowest BCUT2D eigenvalue weighted by molar-refractivity contribution is -0.122. The number of anilines is 1. The number of hydrogen-bond acceptors (Lipinski definition) is 2. The topological polar surface area (TPSA) is 55.1 Å². The van der Waals surface area contributed by atoms with Gasteiger partial charge in [-0.1, -0.05) is 45.0 Å². The first-order valence-corrected chi connectivity index (χ1v) is 7.65. The zero-order valence-electron chi connectivity index (χ0n) is 12.8. The van der Waals surface area contributed by atoms with Crippen LogP contribution >= 0.6 is 12.2 Å². The van der Waals surface area contributed by atoms with Crippen molar-refractivity contribution in [3.8, 4) is 0 Å². The van der Waals surface area contributed by atoms with Crippen LogP contribution in [0.25, 0.3) is 0 Å². The number of carbonyl (C=O) groups excluding carboxylic acids is 1. The van der Waals surface area contributed by atoms with Crippen LogP contribution in [0.4, 0.5) is 10.1 Å². The van der Waals surface area contributed by atoms with Gasteiger partial charge in [-0.05, 0) is 37.5 Å². The molecule has 0 aliphatic carbocycles. The minimum atomic E-state index is -0.861. The molecule has 21 heavy (non-hydrogen) atoms. The summed E-state index contributed by atoms with van der Waals surface area (Å²) in [5, 5.41) is 2.76. The van der Waals surface area contributed by atoms with Crippen LogP contribution in [-0.4, -0.2) is 10.9 Å². The monoisotopic (exact) mass is 310 g/mol. The standard InChI is InChI=1S/C16H23FN2OS/c1-4-8-16(9-5-2,14(18)21)15(20)19-12-7-6-11(3)13(17)10-12/h6-7,10H,4-5,8-9H2,1-3H3,(H2,18,21)(H,19,20). The molecule has 0 spiro atoms. The van der Waals surface area contributed by atoms with Gasteiger partial charge >= 0.3 is 0 Å². The molecule has 3 nitrogen and oxygen atoms in total. The second-order valence-corrected chi connectivity index (χ2v) is 5.80. The van der Waals surface area contributed by atoms with Crippen molar-refractivity contribution in [2.75, 3.05) is 5.32 Å². The van der Waals surface area contributed by atoms with Crippen molar-refractivity contribution >= 4 is 28.8 Å². The minimum absolute atomic E-state index is 0.205. The predicted octanol–water partition coefficient (Wildman–Crippen LogP) is 3.95. The Bertz CT molecular complexity index is 525. The summed E-state index contributed by atoms with van der Waals surface area (Å²) in [6.45, 7) is 5.65. The van der Waals surface area contributed by atoms with E-state index < -0.39 is 5.41 Å². The van der Waals surface area contributed by atoms with Gasteiger partial charge in [0, 0.05) is 5.69 Å². The molecule has 0 heterocycles. The second kappa shape index (κ2) is 7.50. The molecule has 0 aliphatic rings. The maximum Gasteiger partial charge on any atom is 0.237 e. The first kappa shape index (κ1) is 17.6. The number of carbonyl (C=O) groups is 1. The van der Waals surface area contributed by atoms with E-state index in [1.807, 2.05) is 13.8 Å². The van der Waals surface area contributed by atoms with Crippen molar-refractivity contribution in [2.45, 2.75) is 46.5 Å². The molecule has 1 aromatic carbocycles. The van der Waals surface area contributed by atoms with Crippen molar-refractivity contribution in [3.05, 3.63) is 29.6 Å². The van der Waals surface area contributed by atoms with E-state index in [4.69, 9.17) is 18.0 Å². The third kappa shape index (κ3) is 4.00. The van der Waals surface area contributed by atoms with Gasteiger partial charge in [0.25, 0.3) is 0 Å². The molecular weight excluding hydrogens is 287 g/mol. The molecule has 0 unspecified atom stereocenters. The Morgan fingerprint density at radius 2 is 1.90 bits per heavy atom. The van der Waals surface area contributed by atoms with E-state index in [0.29, 0.717) is 24.1 Å². The van der Waals surface area contributed by atoms with Crippen LogP contribution in [0.3, 0.4) is 0 Å². The summed E-state index contributed by atoms with van der Waals surface area (Å²) in [6, 6.07) is 4.63. The molecule has 116 valence electrons. The van der Waals surface area contributed by atoms with Crippen LogP contribution in [0.5, 0.6) is 0 Å². The molecule has 3 N–H and O–H groups in total. The summed E-state index contributed by atoms with van der Waals surface area (Å²) < 4.78 is 13.6. The number of amides is 1. The van der Waals surface area contributed by atoms with E-state index >= 15 is 0 Å². The molecule has 0 aromatic heterocycles. The van der Waals surface area contributed by atoms with Gasteiger partial charge in [-0.3, -0.25) is 4.79 Å². The Hall–Kier alpha value is -1.49. The normalized spacial score (nSPS) is 11.2. The molecule has 1 rings (SSSR count). The van der Waals surface area contributed by atoms with Gasteiger partial charge in [0.05, 0.1) is 10.4 Å². The van der Waals surface area contributed by atoms with Gasteiger partial charge in [-0.25, -0.2) is 4.39 Å². The summed E-state index contributed by atoms with van der Waals surface area (Å²) in [7, 11) is 0. The fourth-order valence-electron chi connectivity index (χ4n) is 2.49. The van der Waals surface area contributed by atoms with Crippen LogP contribution in [-0.2, 0) is 4.79 Å². The smallest absolute Gasteiger partial charge is 0.237 e. The maximum absolute atomic E-state index is 13.6. The predicted molar refractivity (Wildman–Crippen MR) is 88.8 cm³/mol. The van der Waals surface area contributed by atoms with Gasteiger partial charge < -0.3 is 11.1 Å². The highest BCUT2D eigenvalue weighted by molar-refractivity contribution is 7.80. The molecule has 1 aromatic rings. The van der Waals surface area contributed by atoms with Crippen molar-refractivity contribution in [2.24, 2.45) is 11.1 Å². The van der Waals surface area contributed by atoms with E-state index in [1.54, 1.807) is 19.1 Å².